The quantitative estimate of drug-likeness (QED) is 0.291. The van der Waals surface area contributed by atoms with Gasteiger partial charge in [0.25, 0.3) is 11.5 Å². The van der Waals surface area contributed by atoms with Gasteiger partial charge in [0.2, 0.25) is 0 Å². The summed E-state index contributed by atoms with van der Waals surface area (Å²) in [6, 6.07) is 17.4. The molecule has 0 aliphatic carbocycles. The van der Waals surface area contributed by atoms with Crippen LogP contribution in [0.4, 0.5) is 5.82 Å². The second-order valence-corrected chi connectivity index (χ2v) is 9.75. The molecule has 176 valence electrons. The molecule has 1 fully saturated rings. The number of hydrogen-bond donors (Lipinski definition) is 1. The molecule has 1 saturated heterocycles. The monoisotopic (exact) mass is 502 g/mol. The molecule has 0 bridgehead atoms. The standard InChI is InChI=1S/C26H22N4O3S2/c1-17-7-5-13-29-23(17)28-22(27-12-11-18-8-3-2-4-9-18)20(24(29)31)15-21-25(32)30(26(34)35-21)16-19-10-6-14-33-19/h2-10,13-15,27H,11-12,16H2,1H3. The second-order valence-electron chi connectivity index (χ2n) is 8.07. The van der Waals surface area contributed by atoms with Crippen LogP contribution < -0.4 is 10.9 Å². The number of rotatable bonds is 7. The minimum absolute atomic E-state index is 0.241. The average molecular weight is 503 g/mol. The van der Waals surface area contributed by atoms with Gasteiger partial charge in [0.05, 0.1) is 23.3 Å². The van der Waals surface area contributed by atoms with Crippen LogP contribution in [0.15, 0.2) is 81.2 Å². The first-order valence-electron chi connectivity index (χ1n) is 11.1. The van der Waals surface area contributed by atoms with E-state index in [4.69, 9.17) is 21.6 Å². The number of nitrogens with one attached hydrogen (secondary N) is 1. The van der Waals surface area contributed by atoms with Crippen molar-refractivity contribution in [3.63, 3.8) is 0 Å². The number of thioether (sulfide) groups is 1. The summed E-state index contributed by atoms with van der Waals surface area (Å²) in [4.78, 5) is 33.3. The zero-order valence-electron chi connectivity index (χ0n) is 18.9. The molecule has 1 aromatic carbocycles. The lowest BCUT2D eigenvalue weighted by atomic mass is 10.1. The van der Waals surface area contributed by atoms with E-state index in [-0.39, 0.29) is 18.0 Å². The van der Waals surface area contributed by atoms with E-state index in [1.54, 1.807) is 36.7 Å². The van der Waals surface area contributed by atoms with Gasteiger partial charge in [-0.3, -0.25) is 18.9 Å². The highest BCUT2D eigenvalue weighted by molar-refractivity contribution is 8.26. The van der Waals surface area contributed by atoms with Crippen molar-refractivity contribution in [1.29, 1.82) is 0 Å². The molecule has 0 atom stereocenters. The third kappa shape index (κ3) is 4.78. The molecule has 3 aromatic heterocycles. The Bertz CT molecular complexity index is 1490. The maximum atomic E-state index is 13.5. The molecule has 1 aliphatic rings. The van der Waals surface area contributed by atoms with Gasteiger partial charge in [0, 0.05) is 12.7 Å². The first kappa shape index (κ1) is 23.1. The fraction of sp³-hybridized carbons (Fsp3) is 0.154. The number of pyridine rings is 1. The van der Waals surface area contributed by atoms with Gasteiger partial charge in [-0.05, 0) is 48.7 Å². The van der Waals surface area contributed by atoms with Gasteiger partial charge in [-0.15, -0.1) is 0 Å². The summed E-state index contributed by atoms with van der Waals surface area (Å²) in [5.74, 6) is 0.811. The van der Waals surface area contributed by atoms with E-state index in [0.29, 0.717) is 38.6 Å². The Labute approximate surface area is 211 Å². The number of aryl methyl sites for hydroxylation is 1. The molecule has 4 heterocycles. The molecule has 4 aromatic rings. The van der Waals surface area contributed by atoms with E-state index in [9.17, 15) is 9.59 Å². The zero-order chi connectivity index (χ0) is 24.4. The number of aromatic nitrogens is 2. The maximum absolute atomic E-state index is 13.5. The summed E-state index contributed by atoms with van der Waals surface area (Å²) in [6.45, 7) is 2.74. The predicted molar refractivity (Wildman–Crippen MR) is 142 cm³/mol. The molecule has 35 heavy (non-hydrogen) atoms. The Morgan fingerprint density at radius 1 is 1.11 bits per heavy atom. The number of anilines is 1. The van der Waals surface area contributed by atoms with Crippen molar-refractivity contribution in [1.82, 2.24) is 14.3 Å². The lowest BCUT2D eigenvalue weighted by molar-refractivity contribution is -0.122. The Kier molecular flexibility index (Phi) is 6.52. The van der Waals surface area contributed by atoms with Gasteiger partial charge >= 0.3 is 0 Å². The second kappa shape index (κ2) is 9.89. The Hall–Kier alpha value is -3.69. The van der Waals surface area contributed by atoms with Gasteiger partial charge in [-0.2, -0.15) is 0 Å². The van der Waals surface area contributed by atoms with Crippen molar-refractivity contribution in [2.45, 2.75) is 19.9 Å². The van der Waals surface area contributed by atoms with Gasteiger partial charge in [-0.25, -0.2) is 4.98 Å². The summed E-state index contributed by atoms with van der Waals surface area (Å²) < 4.78 is 7.29. The molecule has 7 nitrogen and oxygen atoms in total. The van der Waals surface area contributed by atoms with Crippen molar-refractivity contribution < 1.29 is 9.21 Å². The molecular weight excluding hydrogens is 480 g/mol. The van der Waals surface area contributed by atoms with E-state index in [1.165, 1.54) is 26.6 Å². The Morgan fingerprint density at radius 3 is 2.71 bits per heavy atom. The van der Waals surface area contributed by atoms with Gasteiger partial charge in [-0.1, -0.05) is 60.4 Å². The number of thiocarbonyl (C=S) groups is 1. The lowest BCUT2D eigenvalue weighted by Gasteiger charge is -2.13. The Morgan fingerprint density at radius 2 is 1.94 bits per heavy atom. The van der Waals surface area contributed by atoms with Crippen molar-refractivity contribution in [3.8, 4) is 0 Å². The van der Waals surface area contributed by atoms with Crippen LogP contribution in [-0.4, -0.2) is 31.1 Å². The number of benzene rings is 1. The Balaban J connectivity index is 1.50. The third-order valence-corrected chi connectivity index (χ3v) is 7.05. The molecule has 0 unspecified atom stereocenters. The molecule has 0 radical (unpaired) electrons. The minimum atomic E-state index is -0.264. The van der Waals surface area contributed by atoms with Crippen LogP contribution in [0.1, 0.15) is 22.5 Å². The average Bonchev–Trinajstić information content (AvgIpc) is 3.47. The van der Waals surface area contributed by atoms with E-state index >= 15 is 0 Å². The minimum Gasteiger partial charge on any atom is -0.467 e. The highest BCUT2D eigenvalue weighted by atomic mass is 32.2. The van der Waals surface area contributed by atoms with Crippen molar-refractivity contribution in [2.75, 3.05) is 11.9 Å². The number of nitrogens with zero attached hydrogens (tertiary/aromatic N) is 3. The molecule has 1 amide bonds. The fourth-order valence-electron chi connectivity index (χ4n) is 3.87. The third-order valence-electron chi connectivity index (χ3n) is 5.68. The van der Waals surface area contributed by atoms with Gasteiger partial charge < -0.3 is 9.73 Å². The van der Waals surface area contributed by atoms with Crippen LogP contribution in [0.25, 0.3) is 11.7 Å². The lowest BCUT2D eigenvalue weighted by Crippen LogP contribution is -2.27. The van der Waals surface area contributed by atoms with Crippen molar-refractivity contribution in [3.05, 3.63) is 105 Å². The number of amides is 1. The van der Waals surface area contributed by atoms with Crippen molar-refractivity contribution in [2.24, 2.45) is 0 Å². The number of furan rings is 1. The van der Waals surface area contributed by atoms with E-state index < -0.39 is 0 Å². The smallest absolute Gasteiger partial charge is 0.267 e. The molecule has 0 spiro atoms. The number of fused-ring (bicyclic) bond motifs is 1. The zero-order valence-corrected chi connectivity index (χ0v) is 20.6. The molecule has 0 saturated carbocycles. The van der Waals surface area contributed by atoms with Crippen LogP contribution in [0, 0.1) is 6.92 Å². The van der Waals surface area contributed by atoms with E-state index in [2.05, 4.69) is 17.4 Å². The maximum Gasteiger partial charge on any atom is 0.267 e. The molecule has 1 N–H and O–H groups in total. The number of hydrogen-bond acceptors (Lipinski definition) is 7. The van der Waals surface area contributed by atoms with Crippen LogP contribution in [0.3, 0.4) is 0 Å². The highest BCUT2D eigenvalue weighted by Gasteiger charge is 2.33. The predicted octanol–water partition coefficient (Wildman–Crippen LogP) is 4.65. The van der Waals surface area contributed by atoms with Gasteiger partial charge in [0.1, 0.15) is 21.5 Å². The first-order valence-corrected chi connectivity index (χ1v) is 12.3. The largest absolute Gasteiger partial charge is 0.467 e. The first-order chi connectivity index (χ1) is 17.0. The summed E-state index contributed by atoms with van der Waals surface area (Å²) in [7, 11) is 0. The summed E-state index contributed by atoms with van der Waals surface area (Å²) >= 11 is 6.61. The molecule has 5 rings (SSSR count). The summed E-state index contributed by atoms with van der Waals surface area (Å²) in [5.41, 5.74) is 2.69. The van der Waals surface area contributed by atoms with Crippen LogP contribution >= 0.6 is 24.0 Å². The molecular formula is C26H22N4O3S2. The SMILES string of the molecule is Cc1cccn2c(=O)c(C=C3SC(=S)N(Cc4ccco4)C3=O)c(NCCc3ccccc3)nc12. The fourth-order valence-corrected chi connectivity index (χ4v) is 5.11. The topological polar surface area (TPSA) is 79.8 Å². The van der Waals surface area contributed by atoms with Crippen molar-refractivity contribution >= 4 is 51.7 Å². The van der Waals surface area contributed by atoms with Crippen LogP contribution in [0.5, 0.6) is 0 Å². The molecule has 1 aliphatic heterocycles. The highest BCUT2D eigenvalue weighted by Crippen LogP contribution is 2.34. The summed E-state index contributed by atoms with van der Waals surface area (Å²) in [5, 5.41) is 3.32. The van der Waals surface area contributed by atoms with E-state index in [0.717, 1.165) is 12.0 Å². The normalized spacial score (nSPS) is 14.9. The summed E-state index contributed by atoms with van der Waals surface area (Å²) in [6.07, 6.45) is 5.60. The van der Waals surface area contributed by atoms with Crippen LogP contribution in [-0.2, 0) is 17.8 Å². The van der Waals surface area contributed by atoms with E-state index in [1.807, 2.05) is 31.2 Å². The van der Waals surface area contributed by atoms with Gasteiger partial charge in [0.15, 0.2) is 0 Å². The van der Waals surface area contributed by atoms with Crippen LogP contribution in [0.2, 0.25) is 0 Å². The number of carbonyl (C=O) groups excluding carboxylic acids is 1. The number of carbonyl (C=O) groups is 1. The molecule has 9 heteroatoms.